The predicted octanol–water partition coefficient (Wildman–Crippen LogP) is 5.16. The number of methoxy groups -OCH3 is 1. The molecular weight excluding hydrogens is 496 g/mol. The van der Waals surface area contributed by atoms with Crippen molar-refractivity contribution >= 4 is 23.8 Å². The van der Waals surface area contributed by atoms with E-state index in [1.165, 1.54) is 6.08 Å². The molecule has 212 valence electrons. The molecule has 0 heterocycles. The number of carbonyl (C=O) groups is 3. The zero-order chi connectivity index (χ0) is 28.6. The summed E-state index contributed by atoms with van der Waals surface area (Å²) < 4.78 is 16.4. The van der Waals surface area contributed by atoms with Crippen LogP contribution in [0.25, 0.3) is 6.08 Å². The molecule has 0 unspecified atom stereocenters. The van der Waals surface area contributed by atoms with Crippen molar-refractivity contribution in [3.8, 4) is 5.75 Å². The van der Waals surface area contributed by atoms with Crippen LogP contribution in [0.3, 0.4) is 0 Å². The molecular formula is C32H42O7. The van der Waals surface area contributed by atoms with E-state index in [0.717, 1.165) is 24.8 Å². The molecule has 8 atom stereocenters. The Morgan fingerprint density at radius 3 is 2.49 bits per heavy atom. The van der Waals surface area contributed by atoms with Crippen molar-refractivity contribution in [3.05, 3.63) is 48.6 Å². The fourth-order valence-corrected chi connectivity index (χ4v) is 7.75. The Morgan fingerprint density at radius 1 is 1.15 bits per heavy atom. The molecule has 7 nitrogen and oxygen atoms in total. The van der Waals surface area contributed by atoms with Crippen LogP contribution < -0.4 is 4.74 Å². The van der Waals surface area contributed by atoms with Gasteiger partial charge in [-0.25, -0.2) is 9.59 Å². The molecule has 1 aromatic rings. The summed E-state index contributed by atoms with van der Waals surface area (Å²) in [6.45, 7) is 11.7. The molecule has 3 fully saturated rings. The van der Waals surface area contributed by atoms with E-state index in [2.05, 4.69) is 27.4 Å². The molecule has 3 aliphatic carbocycles. The van der Waals surface area contributed by atoms with Crippen molar-refractivity contribution in [2.24, 2.45) is 34.0 Å². The molecule has 3 aliphatic rings. The minimum Gasteiger partial charge on any atom is -0.497 e. The molecule has 0 radical (unpaired) electrons. The van der Waals surface area contributed by atoms with Crippen LogP contribution in [-0.2, 0) is 23.9 Å². The zero-order valence-corrected chi connectivity index (χ0v) is 23.8. The summed E-state index contributed by atoms with van der Waals surface area (Å²) in [7, 11) is 1.58. The van der Waals surface area contributed by atoms with Gasteiger partial charge in [-0.3, -0.25) is 4.79 Å². The van der Waals surface area contributed by atoms with E-state index < -0.39 is 41.6 Å². The number of ether oxygens (including phenoxy) is 3. The molecule has 4 rings (SSSR count). The van der Waals surface area contributed by atoms with Crippen molar-refractivity contribution in [3.63, 3.8) is 0 Å². The molecule has 2 bridgehead atoms. The van der Waals surface area contributed by atoms with Gasteiger partial charge in [-0.2, -0.15) is 0 Å². The first-order valence-electron chi connectivity index (χ1n) is 13.9. The van der Waals surface area contributed by atoms with Crippen LogP contribution in [0.1, 0.15) is 65.4 Å². The second-order valence-corrected chi connectivity index (χ2v) is 12.3. The molecule has 0 saturated heterocycles. The minimum atomic E-state index is -0.733. The minimum absolute atomic E-state index is 0.0983. The van der Waals surface area contributed by atoms with Crippen molar-refractivity contribution in [1.29, 1.82) is 0 Å². The normalized spacial score (nSPS) is 37.9. The van der Waals surface area contributed by atoms with Gasteiger partial charge in [0, 0.05) is 29.2 Å². The maximum absolute atomic E-state index is 13.5. The average Bonchev–Trinajstić information content (AvgIpc) is 3.29. The van der Waals surface area contributed by atoms with Crippen LogP contribution in [0.2, 0.25) is 0 Å². The Morgan fingerprint density at radius 2 is 1.85 bits per heavy atom. The van der Waals surface area contributed by atoms with E-state index in [1.54, 1.807) is 43.5 Å². The standard InChI is InChI=1S/C32H42O7/c1-7-30(4)18-25(39-27(35)19-38-26(34)13-10-22-8-11-23(37-6)12-9-22)31(5)20(2)14-16-32(21(3)29(30)36)17-15-24(33)28(31)32/h7-13,20-21,25,28-29,36H,1,14-19H2,2-6H3/b13-10+/t20-,21+,25-,28+,29+,30-,31+,32+/m1/s1. The SMILES string of the molecule is C=C[C@]1(C)C[C@@H](OC(=O)COC(=O)/C=C/c2ccc(OC)cc2)[C@]2(C)[C@H](C)CC[C@]3(CCC(=O)[C@H]32)[C@@H](C)[C@@H]1O. The number of aliphatic hydroxyl groups is 1. The van der Waals surface area contributed by atoms with Crippen LogP contribution in [0, 0.1) is 34.0 Å². The maximum Gasteiger partial charge on any atom is 0.344 e. The van der Waals surface area contributed by atoms with Crippen molar-refractivity contribution in [2.45, 2.75) is 72.0 Å². The smallest absolute Gasteiger partial charge is 0.344 e. The second kappa shape index (κ2) is 10.9. The van der Waals surface area contributed by atoms with Crippen LogP contribution in [0.4, 0.5) is 0 Å². The van der Waals surface area contributed by atoms with Crippen molar-refractivity contribution in [2.75, 3.05) is 13.7 Å². The number of carbonyl (C=O) groups excluding carboxylic acids is 3. The Bertz CT molecular complexity index is 1140. The molecule has 39 heavy (non-hydrogen) atoms. The van der Waals surface area contributed by atoms with Gasteiger partial charge in [0.15, 0.2) is 6.61 Å². The summed E-state index contributed by atoms with van der Waals surface area (Å²) >= 11 is 0. The molecule has 0 aliphatic heterocycles. The number of aliphatic hydroxyl groups excluding tert-OH is 1. The largest absolute Gasteiger partial charge is 0.497 e. The van der Waals surface area contributed by atoms with E-state index >= 15 is 0 Å². The Kier molecular flexibility index (Phi) is 8.13. The lowest BCUT2D eigenvalue weighted by atomic mass is 9.44. The Balaban J connectivity index is 1.53. The summed E-state index contributed by atoms with van der Waals surface area (Å²) in [6.07, 6.45) is 6.54. The molecule has 3 saturated carbocycles. The van der Waals surface area contributed by atoms with Crippen LogP contribution in [0.5, 0.6) is 5.75 Å². The number of esters is 2. The third kappa shape index (κ3) is 5.06. The highest BCUT2D eigenvalue weighted by Crippen LogP contribution is 2.68. The van der Waals surface area contributed by atoms with Crippen LogP contribution in [-0.4, -0.2) is 48.8 Å². The van der Waals surface area contributed by atoms with Gasteiger partial charge < -0.3 is 19.3 Å². The number of rotatable bonds is 7. The Labute approximate surface area is 231 Å². The van der Waals surface area contributed by atoms with Gasteiger partial charge in [-0.15, -0.1) is 6.58 Å². The summed E-state index contributed by atoms with van der Waals surface area (Å²) in [4.78, 5) is 38.8. The van der Waals surface area contributed by atoms with Gasteiger partial charge in [0.05, 0.1) is 13.2 Å². The first-order valence-corrected chi connectivity index (χ1v) is 13.9. The third-order valence-corrected chi connectivity index (χ3v) is 10.4. The summed E-state index contributed by atoms with van der Waals surface area (Å²) in [5.41, 5.74) is -0.890. The number of hydrogen-bond acceptors (Lipinski definition) is 7. The van der Waals surface area contributed by atoms with Crippen LogP contribution >= 0.6 is 0 Å². The van der Waals surface area contributed by atoms with E-state index in [-0.39, 0.29) is 29.0 Å². The highest BCUT2D eigenvalue weighted by molar-refractivity contribution is 5.88. The van der Waals surface area contributed by atoms with Gasteiger partial charge in [0.2, 0.25) is 0 Å². The highest BCUT2D eigenvalue weighted by Gasteiger charge is 2.68. The topological polar surface area (TPSA) is 99.1 Å². The fraction of sp³-hybridized carbons (Fsp3) is 0.594. The lowest BCUT2D eigenvalue weighted by Gasteiger charge is -2.61. The maximum atomic E-state index is 13.5. The van der Waals surface area contributed by atoms with Crippen LogP contribution in [0.15, 0.2) is 43.0 Å². The van der Waals surface area contributed by atoms with Gasteiger partial charge in [0.25, 0.3) is 0 Å². The molecule has 0 amide bonds. The molecule has 0 spiro atoms. The zero-order valence-electron chi connectivity index (χ0n) is 23.8. The second-order valence-electron chi connectivity index (χ2n) is 12.3. The van der Waals surface area contributed by atoms with Crippen molar-refractivity contribution < 1.29 is 33.7 Å². The number of Topliss-reactive ketones (excluding diaryl/α,β-unsaturated/α-hetero) is 1. The lowest BCUT2D eigenvalue weighted by molar-refractivity contribution is -0.208. The van der Waals surface area contributed by atoms with Gasteiger partial charge in [-0.05, 0) is 66.7 Å². The average molecular weight is 539 g/mol. The monoisotopic (exact) mass is 538 g/mol. The molecule has 1 aromatic carbocycles. The van der Waals surface area contributed by atoms with Gasteiger partial charge in [-0.1, -0.05) is 45.9 Å². The number of ketones is 1. The third-order valence-electron chi connectivity index (χ3n) is 10.4. The van der Waals surface area contributed by atoms with Gasteiger partial charge >= 0.3 is 11.9 Å². The predicted molar refractivity (Wildman–Crippen MR) is 148 cm³/mol. The van der Waals surface area contributed by atoms with Crippen molar-refractivity contribution in [1.82, 2.24) is 0 Å². The van der Waals surface area contributed by atoms with E-state index in [9.17, 15) is 19.5 Å². The summed E-state index contributed by atoms with van der Waals surface area (Å²) in [5.74, 6) is -0.708. The highest BCUT2D eigenvalue weighted by atomic mass is 16.6. The molecule has 0 aromatic heterocycles. The first kappa shape index (κ1) is 29.1. The summed E-state index contributed by atoms with van der Waals surface area (Å²) in [5, 5.41) is 11.6. The van der Waals surface area contributed by atoms with E-state index in [1.807, 2.05) is 6.92 Å². The Hall–Kier alpha value is -2.93. The molecule has 7 heteroatoms. The number of benzene rings is 1. The van der Waals surface area contributed by atoms with Gasteiger partial charge in [0.1, 0.15) is 17.6 Å². The summed E-state index contributed by atoms with van der Waals surface area (Å²) in [6, 6.07) is 7.16. The first-order chi connectivity index (χ1) is 18.4. The quantitative estimate of drug-likeness (QED) is 0.291. The van der Waals surface area contributed by atoms with E-state index in [0.29, 0.717) is 18.6 Å². The molecule has 1 N–H and O–H groups in total. The fourth-order valence-electron chi connectivity index (χ4n) is 7.75. The number of hydrogen-bond donors (Lipinski definition) is 1. The lowest BCUT2D eigenvalue weighted by Crippen LogP contribution is -2.63. The van der Waals surface area contributed by atoms with E-state index in [4.69, 9.17) is 14.2 Å².